The molecule has 2 N–H and O–H groups in total. The first-order chi connectivity index (χ1) is 24.3. The minimum Gasteiger partial charge on any atom is -0.461 e. The third kappa shape index (κ3) is 6.88. The van der Waals surface area contributed by atoms with E-state index < -0.39 is 17.4 Å². The number of rotatable bonds is 7. The molecule has 7 rings (SSSR count). The molecule has 4 aromatic rings. The zero-order valence-corrected chi connectivity index (χ0v) is 30.2. The van der Waals surface area contributed by atoms with Crippen LogP contribution >= 0.6 is 11.3 Å². The summed E-state index contributed by atoms with van der Waals surface area (Å²) in [5.41, 5.74) is 4.11. The van der Waals surface area contributed by atoms with Crippen molar-refractivity contribution in [3.63, 3.8) is 0 Å². The lowest BCUT2D eigenvalue weighted by molar-refractivity contribution is -0.142. The molecule has 0 radical (unpaired) electrons. The van der Waals surface area contributed by atoms with Gasteiger partial charge in [-0.1, -0.05) is 0 Å². The molecule has 1 fully saturated rings. The van der Waals surface area contributed by atoms with Gasteiger partial charge in [-0.05, 0) is 87.8 Å². The van der Waals surface area contributed by atoms with Crippen LogP contribution < -0.4 is 15.8 Å². The summed E-state index contributed by atoms with van der Waals surface area (Å²) in [7, 11) is 1.59. The summed E-state index contributed by atoms with van der Waals surface area (Å²) in [5.74, 6) is -0.862. The van der Waals surface area contributed by atoms with Gasteiger partial charge in [-0.25, -0.2) is 9.18 Å². The number of fused-ring (bicyclic) bond motifs is 3. The number of hydrogen-bond donors (Lipinski definition) is 2. The molecule has 14 heteroatoms. The molecule has 0 bridgehead atoms. The second-order valence-electron chi connectivity index (χ2n) is 14.4. The maximum atomic E-state index is 15.6. The summed E-state index contributed by atoms with van der Waals surface area (Å²) in [6, 6.07) is 6.03. The van der Waals surface area contributed by atoms with E-state index in [2.05, 4.69) is 15.5 Å². The highest BCUT2D eigenvalue weighted by atomic mass is 32.1. The molecule has 3 aliphatic rings. The predicted octanol–water partition coefficient (Wildman–Crippen LogP) is 6.20. The lowest BCUT2D eigenvalue weighted by Crippen LogP contribution is -2.50. The van der Waals surface area contributed by atoms with E-state index in [4.69, 9.17) is 9.47 Å². The Kier molecular flexibility index (Phi) is 8.98. The van der Waals surface area contributed by atoms with E-state index in [0.29, 0.717) is 59.1 Å². The van der Waals surface area contributed by atoms with Gasteiger partial charge in [0, 0.05) is 73.5 Å². The Bertz CT molecular complexity index is 2110. The van der Waals surface area contributed by atoms with Crippen LogP contribution in [0.5, 0.6) is 0 Å². The van der Waals surface area contributed by atoms with Crippen molar-refractivity contribution in [3.05, 3.63) is 78.8 Å². The van der Waals surface area contributed by atoms with Crippen LogP contribution in [0.4, 0.5) is 26.4 Å². The SMILES string of the molecule is CC(=O)OCc1c(-c2cc(Nc3cc(C4CN(C(=O)OC(C)(C)C)C4)[nH]n3)c(=O)n(C)c2)cc(F)cc1N1CCc2c(sc3c2CCCC3)C1=O. The molecular formula is C37H41FN6O6S. The summed E-state index contributed by atoms with van der Waals surface area (Å²) in [6.07, 6.45) is 6.04. The number of nitrogens with zero attached hydrogens (tertiary/aromatic N) is 4. The number of aromatic nitrogens is 3. The Labute approximate surface area is 298 Å². The minimum absolute atomic E-state index is 0.0255. The van der Waals surface area contributed by atoms with Crippen LogP contribution in [0.1, 0.15) is 83.4 Å². The Hall–Kier alpha value is -4.98. The number of amides is 2. The number of halogens is 1. The fourth-order valence-electron chi connectivity index (χ4n) is 7.04. The molecule has 0 spiro atoms. The van der Waals surface area contributed by atoms with E-state index in [9.17, 15) is 19.2 Å². The zero-order chi connectivity index (χ0) is 36.2. The first kappa shape index (κ1) is 34.5. The Morgan fingerprint density at radius 3 is 2.59 bits per heavy atom. The Morgan fingerprint density at radius 2 is 1.84 bits per heavy atom. The van der Waals surface area contributed by atoms with Gasteiger partial charge in [0.25, 0.3) is 11.5 Å². The number of likely N-dealkylation sites (tertiary alicyclic amines) is 1. The average Bonchev–Trinajstić information content (AvgIpc) is 3.66. The number of esters is 1. The molecule has 12 nitrogen and oxygen atoms in total. The molecule has 2 aliphatic heterocycles. The summed E-state index contributed by atoms with van der Waals surface area (Å²) in [4.78, 5) is 57.0. The molecule has 1 aliphatic carbocycles. The van der Waals surface area contributed by atoms with Gasteiger partial charge in [-0.2, -0.15) is 5.10 Å². The fraction of sp³-hybridized carbons (Fsp3) is 0.432. The van der Waals surface area contributed by atoms with Crippen LogP contribution in [0.25, 0.3) is 11.1 Å². The summed E-state index contributed by atoms with van der Waals surface area (Å²) in [6.45, 7) is 7.86. The van der Waals surface area contributed by atoms with E-state index in [-0.39, 0.29) is 35.8 Å². The maximum absolute atomic E-state index is 15.6. The molecular weight excluding hydrogens is 676 g/mol. The summed E-state index contributed by atoms with van der Waals surface area (Å²) < 4.78 is 27.9. The van der Waals surface area contributed by atoms with Gasteiger partial charge in [0.1, 0.15) is 23.7 Å². The van der Waals surface area contributed by atoms with E-state index in [1.165, 1.54) is 34.1 Å². The quantitative estimate of drug-likeness (QED) is 0.216. The van der Waals surface area contributed by atoms with Crippen LogP contribution in [-0.2, 0) is 47.2 Å². The van der Waals surface area contributed by atoms with Crippen LogP contribution in [0.3, 0.4) is 0 Å². The van der Waals surface area contributed by atoms with E-state index in [0.717, 1.165) is 36.9 Å². The molecule has 1 saturated heterocycles. The van der Waals surface area contributed by atoms with E-state index >= 15 is 4.39 Å². The number of aromatic amines is 1. The number of ether oxygens (including phenoxy) is 2. The standard InChI is InChI=1S/C37H41FN6O6S/c1-20(45)49-19-27-26(13-23(38)14-30(27)44-11-10-25-24-8-6-7-9-31(24)51-33(25)35(44)47)21-12-29(34(46)42(5)16-21)39-32-15-28(40-41-32)22-17-43(18-22)36(48)50-37(2,3)4/h12-16,22H,6-11,17-19H2,1-5H3,(H2,39,40,41). The Morgan fingerprint density at radius 1 is 1.08 bits per heavy atom. The lowest BCUT2D eigenvalue weighted by Gasteiger charge is -2.39. The number of hydrogen-bond acceptors (Lipinski definition) is 9. The van der Waals surface area contributed by atoms with Gasteiger partial charge in [-0.15, -0.1) is 11.3 Å². The molecule has 51 heavy (non-hydrogen) atoms. The molecule has 1 aromatic carbocycles. The van der Waals surface area contributed by atoms with Crippen molar-refractivity contribution < 1.29 is 28.2 Å². The molecule has 3 aromatic heterocycles. The normalized spacial score (nSPS) is 16.0. The monoisotopic (exact) mass is 716 g/mol. The number of thiophene rings is 1. The number of H-pyrrole nitrogens is 1. The third-order valence-electron chi connectivity index (χ3n) is 9.54. The van der Waals surface area contributed by atoms with Crippen molar-refractivity contribution in [2.24, 2.45) is 7.05 Å². The van der Waals surface area contributed by atoms with Crippen molar-refractivity contribution in [1.29, 1.82) is 0 Å². The molecule has 0 atom stereocenters. The summed E-state index contributed by atoms with van der Waals surface area (Å²) in [5, 5.41) is 10.4. The Balaban J connectivity index is 1.18. The predicted molar refractivity (Wildman–Crippen MR) is 191 cm³/mol. The smallest absolute Gasteiger partial charge is 0.410 e. The fourth-order valence-corrected chi connectivity index (χ4v) is 8.43. The highest BCUT2D eigenvalue weighted by Crippen LogP contribution is 2.41. The van der Waals surface area contributed by atoms with Gasteiger partial charge >= 0.3 is 12.1 Å². The van der Waals surface area contributed by atoms with Crippen LogP contribution in [-0.4, -0.2) is 62.9 Å². The van der Waals surface area contributed by atoms with Gasteiger partial charge in [-0.3, -0.25) is 19.5 Å². The molecule has 268 valence electrons. The van der Waals surface area contributed by atoms with Gasteiger partial charge in [0.05, 0.1) is 10.6 Å². The number of aryl methyl sites for hydroxylation is 2. The second-order valence-corrected chi connectivity index (χ2v) is 15.5. The number of carbonyl (C=O) groups is 3. The number of nitrogens with one attached hydrogen (secondary N) is 2. The van der Waals surface area contributed by atoms with Crippen LogP contribution in [0, 0.1) is 5.82 Å². The average molecular weight is 717 g/mol. The topological polar surface area (TPSA) is 139 Å². The number of benzene rings is 1. The van der Waals surface area contributed by atoms with Crippen LogP contribution in [0.2, 0.25) is 0 Å². The largest absolute Gasteiger partial charge is 0.461 e. The molecule has 0 saturated carbocycles. The van der Waals surface area contributed by atoms with Crippen molar-refractivity contribution in [1.82, 2.24) is 19.7 Å². The molecule has 2 amide bonds. The van der Waals surface area contributed by atoms with Gasteiger partial charge in [0.15, 0.2) is 5.82 Å². The van der Waals surface area contributed by atoms with Crippen molar-refractivity contribution in [2.45, 2.75) is 77.9 Å². The minimum atomic E-state index is -0.582. The van der Waals surface area contributed by atoms with Gasteiger partial charge in [0.2, 0.25) is 0 Å². The van der Waals surface area contributed by atoms with Crippen molar-refractivity contribution in [3.8, 4) is 11.1 Å². The highest BCUT2D eigenvalue weighted by Gasteiger charge is 2.36. The number of anilines is 3. The maximum Gasteiger partial charge on any atom is 0.410 e. The zero-order valence-electron chi connectivity index (χ0n) is 29.4. The highest BCUT2D eigenvalue weighted by molar-refractivity contribution is 7.14. The number of carbonyl (C=O) groups excluding carboxylic acids is 3. The molecule has 0 unspecified atom stereocenters. The first-order valence-electron chi connectivity index (χ1n) is 17.2. The molecule has 5 heterocycles. The second kappa shape index (κ2) is 13.3. The van der Waals surface area contributed by atoms with E-state index in [1.807, 2.05) is 20.8 Å². The van der Waals surface area contributed by atoms with E-state index in [1.54, 1.807) is 46.5 Å². The van der Waals surface area contributed by atoms with Gasteiger partial charge < -0.3 is 29.2 Å². The lowest BCUT2D eigenvalue weighted by atomic mass is 9.91. The first-order valence-corrected chi connectivity index (χ1v) is 18.0. The summed E-state index contributed by atoms with van der Waals surface area (Å²) >= 11 is 1.54. The van der Waals surface area contributed by atoms with Crippen molar-refractivity contribution in [2.75, 3.05) is 29.9 Å². The number of pyridine rings is 1. The van der Waals surface area contributed by atoms with Crippen LogP contribution in [0.15, 0.2) is 35.3 Å². The van der Waals surface area contributed by atoms with Crippen molar-refractivity contribution >= 4 is 46.5 Å². The third-order valence-corrected chi connectivity index (χ3v) is 10.9.